The van der Waals surface area contributed by atoms with E-state index in [4.69, 9.17) is 0 Å². The first-order valence-corrected chi connectivity index (χ1v) is 9.69. The van der Waals surface area contributed by atoms with Gasteiger partial charge in [-0.25, -0.2) is 0 Å². The molecular formula is C19H37N3O2. The maximum Gasteiger partial charge on any atom is 0.242 e. The number of nitrogens with one attached hydrogen (secondary N) is 2. The molecule has 0 unspecified atom stereocenters. The summed E-state index contributed by atoms with van der Waals surface area (Å²) in [6.07, 6.45) is 4.11. The van der Waals surface area contributed by atoms with E-state index in [1.165, 1.54) is 0 Å². The van der Waals surface area contributed by atoms with Crippen LogP contribution in [0.1, 0.15) is 60.3 Å². The second kappa shape index (κ2) is 10.7. The Hall–Kier alpha value is -1.10. The second-order valence-corrected chi connectivity index (χ2v) is 7.50. The van der Waals surface area contributed by atoms with Crippen LogP contribution in [-0.4, -0.2) is 48.9 Å². The van der Waals surface area contributed by atoms with E-state index in [1.807, 2.05) is 13.8 Å². The maximum absolute atomic E-state index is 12.5. The lowest BCUT2D eigenvalue weighted by atomic mass is 9.82. The van der Waals surface area contributed by atoms with Crippen molar-refractivity contribution < 1.29 is 9.59 Å². The molecule has 1 fully saturated rings. The van der Waals surface area contributed by atoms with Crippen molar-refractivity contribution in [3.63, 3.8) is 0 Å². The number of hydrogen-bond acceptors (Lipinski definition) is 3. The third-order valence-electron chi connectivity index (χ3n) is 5.26. The molecule has 2 N–H and O–H groups in total. The molecule has 0 spiro atoms. The number of carbonyl (C=O) groups is 2. The largest absolute Gasteiger partial charge is 0.353 e. The molecule has 140 valence electrons. The normalized spacial score (nSPS) is 22.5. The van der Waals surface area contributed by atoms with Crippen molar-refractivity contribution in [2.45, 2.75) is 66.3 Å². The van der Waals surface area contributed by atoms with E-state index >= 15 is 0 Å². The summed E-state index contributed by atoms with van der Waals surface area (Å²) in [5, 5.41) is 5.99. The van der Waals surface area contributed by atoms with E-state index in [9.17, 15) is 9.59 Å². The van der Waals surface area contributed by atoms with Gasteiger partial charge in [-0.2, -0.15) is 0 Å². The summed E-state index contributed by atoms with van der Waals surface area (Å²) in [5.41, 5.74) is 0. The molecule has 0 aromatic heterocycles. The number of likely N-dealkylation sites (N-methyl/N-ethyl adjacent to an activating group) is 1. The molecule has 0 bridgehead atoms. The molecule has 1 atom stereocenters. The molecular weight excluding hydrogens is 302 g/mol. The third kappa shape index (κ3) is 6.80. The van der Waals surface area contributed by atoms with E-state index < -0.39 is 6.04 Å². The molecule has 0 aromatic rings. The van der Waals surface area contributed by atoms with Crippen molar-refractivity contribution in [2.24, 2.45) is 17.8 Å². The fourth-order valence-corrected chi connectivity index (χ4v) is 3.32. The SMILES string of the molecule is CCN(CC)CCNC(=O)[C@@H](NC(=O)C1CCC(C)CC1)C(C)C. The van der Waals surface area contributed by atoms with Crippen molar-refractivity contribution >= 4 is 11.8 Å². The van der Waals surface area contributed by atoms with Crippen LogP contribution < -0.4 is 10.6 Å². The van der Waals surface area contributed by atoms with E-state index in [1.54, 1.807) is 0 Å². The lowest BCUT2D eigenvalue weighted by Crippen LogP contribution is -2.52. The monoisotopic (exact) mass is 339 g/mol. The molecule has 1 saturated carbocycles. The summed E-state index contributed by atoms with van der Waals surface area (Å²) in [7, 11) is 0. The van der Waals surface area contributed by atoms with Gasteiger partial charge in [-0.05, 0) is 50.6 Å². The van der Waals surface area contributed by atoms with Crippen LogP contribution in [0.15, 0.2) is 0 Å². The Morgan fingerprint density at radius 3 is 2.17 bits per heavy atom. The lowest BCUT2D eigenvalue weighted by Gasteiger charge is -2.28. The lowest BCUT2D eigenvalue weighted by molar-refractivity contribution is -0.132. The molecule has 24 heavy (non-hydrogen) atoms. The highest BCUT2D eigenvalue weighted by Gasteiger charge is 2.29. The first-order valence-electron chi connectivity index (χ1n) is 9.69. The number of amides is 2. The van der Waals surface area contributed by atoms with E-state index in [2.05, 4.69) is 36.3 Å². The molecule has 0 heterocycles. The first-order chi connectivity index (χ1) is 11.4. The average Bonchev–Trinajstić information content (AvgIpc) is 2.56. The highest BCUT2D eigenvalue weighted by molar-refractivity contribution is 5.88. The third-order valence-corrected chi connectivity index (χ3v) is 5.26. The molecule has 0 aromatic carbocycles. The Morgan fingerprint density at radius 2 is 1.67 bits per heavy atom. The fraction of sp³-hybridized carbons (Fsp3) is 0.895. The Labute approximate surface area is 147 Å². The van der Waals surface area contributed by atoms with Crippen LogP contribution in [0.5, 0.6) is 0 Å². The Kier molecular flexibility index (Phi) is 9.34. The minimum absolute atomic E-state index is 0.0551. The van der Waals surface area contributed by atoms with Crippen molar-refractivity contribution in [2.75, 3.05) is 26.2 Å². The highest BCUT2D eigenvalue weighted by atomic mass is 16.2. The van der Waals surface area contributed by atoms with Crippen LogP contribution in [0.2, 0.25) is 0 Å². The predicted molar refractivity (Wildman–Crippen MR) is 98.7 cm³/mol. The van der Waals surface area contributed by atoms with Crippen molar-refractivity contribution in [1.82, 2.24) is 15.5 Å². The molecule has 1 rings (SSSR count). The fourth-order valence-electron chi connectivity index (χ4n) is 3.32. The van der Waals surface area contributed by atoms with Gasteiger partial charge in [-0.1, -0.05) is 34.6 Å². The van der Waals surface area contributed by atoms with Crippen molar-refractivity contribution in [3.8, 4) is 0 Å². The highest BCUT2D eigenvalue weighted by Crippen LogP contribution is 2.28. The molecule has 0 saturated heterocycles. The minimum Gasteiger partial charge on any atom is -0.353 e. The predicted octanol–water partition coefficient (Wildman–Crippen LogP) is 2.41. The summed E-state index contributed by atoms with van der Waals surface area (Å²) in [4.78, 5) is 27.2. The van der Waals surface area contributed by atoms with Crippen LogP contribution in [0, 0.1) is 17.8 Å². The summed E-state index contributed by atoms with van der Waals surface area (Å²) in [6.45, 7) is 13.9. The summed E-state index contributed by atoms with van der Waals surface area (Å²) in [6, 6.07) is -0.437. The zero-order chi connectivity index (χ0) is 18.1. The van der Waals surface area contributed by atoms with Crippen LogP contribution >= 0.6 is 0 Å². The maximum atomic E-state index is 12.5. The van der Waals surface area contributed by atoms with Crippen LogP contribution in [0.3, 0.4) is 0 Å². The van der Waals surface area contributed by atoms with Gasteiger partial charge in [0.25, 0.3) is 0 Å². The van der Waals surface area contributed by atoms with Gasteiger partial charge in [0.2, 0.25) is 11.8 Å². The van der Waals surface area contributed by atoms with E-state index in [-0.39, 0.29) is 23.7 Å². The van der Waals surface area contributed by atoms with Gasteiger partial charge in [-0.3, -0.25) is 9.59 Å². The van der Waals surface area contributed by atoms with Gasteiger partial charge < -0.3 is 15.5 Å². The zero-order valence-electron chi connectivity index (χ0n) is 16.2. The Balaban J connectivity index is 2.47. The van der Waals surface area contributed by atoms with Crippen molar-refractivity contribution in [1.29, 1.82) is 0 Å². The number of nitrogens with zero attached hydrogens (tertiary/aromatic N) is 1. The van der Waals surface area contributed by atoms with Gasteiger partial charge in [-0.15, -0.1) is 0 Å². The standard InChI is InChI=1S/C19H37N3O2/c1-6-22(7-2)13-12-20-19(24)17(14(3)4)21-18(23)16-10-8-15(5)9-11-16/h14-17H,6-13H2,1-5H3,(H,20,24)(H,21,23)/t15?,16?,17-/m0/s1. The van der Waals surface area contributed by atoms with E-state index in [0.29, 0.717) is 6.54 Å². The zero-order valence-corrected chi connectivity index (χ0v) is 16.2. The van der Waals surface area contributed by atoms with Gasteiger partial charge in [0, 0.05) is 19.0 Å². The number of rotatable bonds is 9. The smallest absolute Gasteiger partial charge is 0.242 e. The van der Waals surface area contributed by atoms with Crippen LogP contribution in [-0.2, 0) is 9.59 Å². The summed E-state index contributed by atoms with van der Waals surface area (Å²) in [5.74, 6) is 0.878. The Morgan fingerprint density at radius 1 is 1.08 bits per heavy atom. The van der Waals surface area contributed by atoms with Gasteiger partial charge in [0.15, 0.2) is 0 Å². The van der Waals surface area contributed by atoms with Gasteiger partial charge in [0.1, 0.15) is 6.04 Å². The first kappa shape index (κ1) is 20.9. The molecule has 1 aliphatic carbocycles. The topological polar surface area (TPSA) is 61.4 Å². The van der Waals surface area contributed by atoms with Gasteiger partial charge >= 0.3 is 0 Å². The van der Waals surface area contributed by atoms with Crippen LogP contribution in [0.4, 0.5) is 0 Å². The van der Waals surface area contributed by atoms with Crippen molar-refractivity contribution in [3.05, 3.63) is 0 Å². The minimum atomic E-state index is -0.437. The van der Waals surface area contributed by atoms with E-state index in [0.717, 1.165) is 51.2 Å². The number of hydrogen-bond donors (Lipinski definition) is 2. The molecule has 5 heteroatoms. The molecule has 1 aliphatic rings. The molecule has 5 nitrogen and oxygen atoms in total. The van der Waals surface area contributed by atoms with Crippen LogP contribution in [0.25, 0.3) is 0 Å². The second-order valence-electron chi connectivity index (χ2n) is 7.50. The quantitative estimate of drug-likeness (QED) is 0.678. The summed E-state index contributed by atoms with van der Waals surface area (Å²) >= 11 is 0. The summed E-state index contributed by atoms with van der Waals surface area (Å²) < 4.78 is 0. The molecule has 2 amide bonds. The molecule has 0 radical (unpaired) electrons. The Bertz CT molecular complexity index is 386. The molecule has 0 aliphatic heterocycles. The number of carbonyl (C=O) groups excluding carboxylic acids is 2. The van der Waals surface area contributed by atoms with Gasteiger partial charge in [0.05, 0.1) is 0 Å². The average molecular weight is 340 g/mol.